The maximum Gasteiger partial charge on any atom is 0.162 e. The summed E-state index contributed by atoms with van der Waals surface area (Å²) in [6.07, 6.45) is 2.23. The van der Waals surface area contributed by atoms with Gasteiger partial charge in [0.25, 0.3) is 0 Å². The molecule has 2 rings (SSSR count). The number of nitrogens with one attached hydrogen (secondary N) is 1. The molecule has 0 aliphatic heterocycles. The number of halogens is 2. The molecule has 0 spiro atoms. The summed E-state index contributed by atoms with van der Waals surface area (Å²) in [4.78, 5) is 0. The first-order chi connectivity index (χ1) is 8.19. The van der Waals surface area contributed by atoms with Crippen LogP contribution >= 0.6 is 0 Å². The van der Waals surface area contributed by atoms with E-state index in [2.05, 4.69) is 5.32 Å². The summed E-state index contributed by atoms with van der Waals surface area (Å²) in [7, 11) is 0. The van der Waals surface area contributed by atoms with E-state index in [1.165, 1.54) is 6.07 Å². The zero-order valence-corrected chi connectivity index (χ0v) is 9.33. The number of aliphatic hydroxyl groups is 1. The molecule has 1 aromatic rings. The number of aliphatic hydroxyl groups excluding tert-OH is 1. The Balaban J connectivity index is 1.84. The van der Waals surface area contributed by atoms with Gasteiger partial charge in [0.1, 0.15) is 12.4 Å². The molecular weight excluding hydrogens is 228 g/mol. The Bertz CT molecular complexity index is 383. The van der Waals surface area contributed by atoms with Crippen LogP contribution in [0.4, 0.5) is 8.78 Å². The topological polar surface area (TPSA) is 41.5 Å². The minimum atomic E-state index is -0.932. The van der Waals surface area contributed by atoms with Crippen molar-refractivity contribution >= 4 is 0 Å². The van der Waals surface area contributed by atoms with Crippen molar-refractivity contribution in [2.75, 3.05) is 13.2 Å². The quantitative estimate of drug-likeness (QED) is 0.794. The van der Waals surface area contributed by atoms with Gasteiger partial charge in [0.15, 0.2) is 11.6 Å². The molecule has 1 saturated carbocycles. The second kappa shape index (κ2) is 5.42. The Morgan fingerprint density at radius 2 is 2.12 bits per heavy atom. The van der Waals surface area contributed by atoms with E-state index in [4.69, 9.17) is 9.84 Å². The molecule has 1 unspecified atom stereocenters. The Labute approximate surface area is 98.4 Å². The Morgan fingerprint density at radius 3 is 2.71 bits per heavy atom. The van der Waals surface area contributed by atoms with Crippen molar-refractivity contribution < 1.29 is 18.6 Å². The van der Waals surface area contributed by atoms with Crippen LogP contribution in [0.25, 0.3) is 0 Å². The SMILES string of the molecule is OCC(COc1ccc(F)c(F)c1)NC1CC1. The maximum atomic E-state index is 12.9. The van der Waals surface area contributed by atoms with Crippen molar-refractivity contribution in [2.24, 2.45) is 0 Å². The third-order valence-corrected chi connectivity index (χ3v) is 2.61. The Hall–Kier alpha value is -1.20. The minimum absolute atomic E-state index is 0.0415. The minimum Gasteiger partial charge on any atom is -0.492 e. The Morgan fingerprint density at radius 1 is 1.35 bits per heavy atom. The lowest BCUT2D eigenvalue weighted by molar-refractivity contribution is 0.181. The molecule has 1 aliphatic carbocycles. The lowest BCUT2D eigenvalue weighted by Crippen LogP contribution is -2.39. The molecule has 1 aromatic carbocycles. The maximum absolute atomic E-state index is 12.9. The molecule has 1 fully saturated rings. The highest BCUT2D eigenvalue weighted by molar-refractivity contribution is 5.23. The highest BCUT2D eigenvalue weighted by Gasteiger charge is 2.24. The van der Waals surface area contributed by atoms with E-state index in [1.807, 2.05) is 0 Å². The number of rotatable bonds is 6. The zero-order valence-electron chi connectivity index (χ0n) is 9.33. The monoisotopic (exact) mass is 243 g/mol. The van der Waals surface area contributed by atoms with Gasteiger partial charge in [-0.2, -0.15) is 0 Å². The number of hydrogen-bond donors (Lipinski definition) is 2. The molecular formula is C12H15F2NO2. The van der Waals surface area contributed by atoms with Gasteiger partial charge in [0.2, 0.25) is 0 Å². The van der Waals surface area contributed by atoms with Crippen molar-refractivity contribution in [3.8, 4) is 5.75 Å². The van der Waals surface area contributed by atoms with Crippen molar-refractivity contribution in [1.82, 2.24) is 5.32 Å². The fourth-order valence-electron chi connectivity index (χ4n) is 1.50. The average Bonchev–Trinajstić information content (AvgIpc) is 3.12. The van der Waals surface area contributed by atoms with E-state index < -0.39 is 11.6 Å². The van der Waals surface area contributed by atoms with Gasteiger partial charge >= 0.3 is 0 Å². The predicted molar refractivity (Wildman–Crippen MR) is 58.9 cm³/mol. The van der Waals surface area contributed by atoms with Gasteiger partial charge < -0.3 is 15.2 Å². The van der Waals surface area contributed by atoms with Gasteiger partial charge in [0.05, 0.1) is 12.6 Å². The molecule has 0 bridgehead atoms. The largest absolute Gasteiger partial charge is 0.492 e. The molecule has 0 heterocycles. The van der Waals surface area contributed by atoms with Crippen LogP contribution in [0.2, 0.25) is 0 Å². The van der Waals surface area contributed by atoms with Crippen LogP contribution in [0, 0.1) is 11.6 Å². The summed E-state index contributed by atoms with van der Waals surface area (Å²) < 4.78 is 30.8. The summed E-state index contributed by atoms with van der Waals surface area (Å²) in [5.41, 5.74) is 0. The molecule has 17 heavy (non-hydrogen) atoms. The van der Waals surface area contributed by atoms with Gasteiger partial charge in [0, 0.05) is 12.1 Å². The van der Waals surface area contributed by atoms with Gasteiger partial charge in [-0.1, -0.05) is 0 Å². The average molecular weight is 243 g/mol. The molecule has 0 aromatic heterocycles. The molecule has 0 amide bonds. The van der Waals surface area contributed by atoms with E-state index in [0.717, 1.165) is 25.0 Å². The summed E-state index contributed by atoms with van der Waals surface area (Å²) >= 11 is 0. The number of hydrogen-bond acceptors (Lipinski definition) is 3. The molecule has 1 atom stereocenters. The second-order valence-corrected chi connectivity index (χ2v) is 4.21. The normalized spacial score (nSPS) is 16.9. The van der Waals surface area contributed by atoms with E-state index in [1.54, 1.807) is 0 Å². The summed E-state index contributed by atoms with van der Waals surface area (Å²) in [6, 6.07) is 3.67. The van der Waals surface area contributed by atoms with Crippen LogP contribution in [0.3, 0.4) is 0 Å². The van der Waals surface area contributed by atoms with Crippen LogP contribution in [0.5, 0.6) is 5.75 Å². The van der Waals surface area contributed by atoms with E-state index in [0.29, 0.717) is 6.04 Å². The first-order valence-corrected chi connectivity index (χ1v) is 5.64. The number of benzene rings is 1. The Kier molecular flexibility index (Phi) is 3.91. The standard InChI is InChI=1S/C12H15F2NO2/c13-11-4-3-10(5-12(11)14)17-7-9(6-16)15-8-1-2-8/h3-5,8-9,15-16H,1-2,6-7H2. The molecule has 1 aliphatic rings. The molecule has 2 N–H and O–H groups in total. The smallest absolute Gasteiger partial charge is 0.162 e. The fraction of sp³-hybridized carbons (Fsp3) is 0.500. The van der Waals surface area contributed by atoms with E-state index in [9.17, 15) is 8.78 Å². The van der Waals surface area contributed by atoms with E-state index >= 15 is 0 Å². The fourth-order valence-corrected chi connectivity index (χ4v) is 1.50. The van der Waals surface area contributed by atoms with Crippen LogP contribution in [0.1, 0.15) is 12.8 Å². The molecule has 5 heteroatoms. The molecule has 94 valence electrons. The molecule has 0 radical (unpaired) electrons. The van der Waals surface area contributed by atoms with Crippen LogP contribution < -0.4 is 10.1 Å². The van der Waals surface area contributed by atoms with Gasteiger partial charge in [-0.3, -0.25) is 0 Å². The third kappa shape index (κ3) is 3.64. The van der Waals surface area contributed by atoms with Crippen molar-refractivity contribution in [3.05, 3.63) is 29.8 Å². The van der Waals surface area contributed by atoms with Crippen LogP contribution in [-0.4, -0.2) is 30.4 Å². The first kappa shape index (κ1) is 12.3. The highest BCUT2D eigenvalue weighted by atomic mass is 19.2. The van der Waals surface area contributed by atoms with Gasteiger partial charge in [-0.25, -0.2) is 8.78 Å². The van der Waals surface area contributed by atoms with Crippen molar-refractivity contribution in [3.63, 3.8) is 0 Å². The van der Waals surface area contributed by atoms with Gasteiger partial charge in [-0.05, 0) is 25.0 Å². The van der Waals surface area contributed by atoms with Crippen molar-refractivity contribution in [2.45, 2.75) is 24.9 Å². The lowest BCUT2D eigenvalue weighted by atomic mass is 10.3. The molecule has 3 nitrogen and oxygen atoms in total. The second-order valence-electron chi connectivity index (χ2n) is 4.21. The van der Waals surface area contributed by atoms with Crippen LogP contribution in [0.15, 0.2) is 18.2 Å². The van der Waals surface area contributed by atoms with Gasteiger partial charge in [-0.15, -0.1) is 0 Å². The predicted octanol–water partition coefficient (Wildman–Crippen LogP) is 1.46. The van der Waals surface area contributed by atoms with Crippen molar-refractivity contribution in [1.29, 1.82) is 0 Å². The van der Waals surface area contributed by atoms with Crippen LogP contribution in [-0.2, 0) is 0 Å². The lowest BCUT2D eigenvalue weighted by Gasteiger charge is -2.16. The summed E-state index contributed by atoms with van der Waals surface area (Å²) in [5.74, 6) is -1.56. The summed E-state index contributed by atoms with van der Waals surface area (Å²) in [6.45, 7) is 0.193. The first-order valence-electron chi connectivity index (χ1n) is 5.64. The third-order valence-electron chi connectivity index (χ3n) is 2.61. The van der Waals surface area contributed by atoms with E-state index in [-0.39, 0.29) is 25.0 Å². The highest BCUT2D eigenvalue weighted by Crippen LogP contribution is 2.20. The molecule has 0 saturated heterocycles. The summed E-state index contributed by atoms with van der Waals surface area (Å²) in [5, 5.41) is 12.3. The zero-order chi connectivity index (χ0) is 12.3. The number of ether oxygens (including phenoxy) is 1.